The lowest BCUT2D eigenvalue weighted by atomic mass is 10.2. The smallest absolute Gasteiger partial charge is 0.118 e. The lowest BCUT2D eigenvalue weighted by molar-refractivity contribution is 0.0749. The molecule has 1 aliphatic rings. The summed E-state index contributed by atoms with van der Waals surface area (Å²) in [6.45, 7) is 8.16. The summed E-state index contributed by atoms with van der Waals surface area (Å²) in [4.78, 5) is 6.46. The second-order valence-corrected chi connectivity index (χ2v) is 8.75. The summed E-state index contributed by atoms with van der Waals surface area (Å²) >= 11 is 1.88. The molecule has 0 unspecified atom stereocenters. The van der Waals surface area contributed by atoms with E-state index in [1.807, 2.05) is 23.5 Å². The molecule has 154 valence electrons. The Kier molecular flexibility index (Phi) is 7.17. The summed E-state index contributed by atoms with van der Waals surface area (Å²) in [6.07, 6.45) is 1.01. The SMILES string of the molecule is COc1ccc(CN2CCN(CCOCCc3cc4ccccc4s3)CC2)cc1. The molecule has 0 spiro atoms. The quantitative estimate of drug-likeness (QED) is 0.492. The van der Waals surface area contributed by atoms with Crippen molar-refractivity contribution in [3.8, 4) is 5.75 Å². The van der Waals surface area contributed by atoms with Gasteiger partial charge in [-0.3, -0.25) is 9.80 Å². The molecule has 4 rings (SSSR count). The highest BCUT2D eigenvalue weighted by atomic mass is 32.1. The monoisotopic (exact) mass is 410 g/mol. The van der Waals surface area contributed by atoms with Gasteiger partial charge in [-0.05, 0) is 35.2 Å². The van der Waals surface area contributed by atoms with Gasteiger partial charge in [0.15, 0.2) is 0 Å². The summed E-state index contributed by atoms with van der Waals surface area (Å²) in [5, 5.41) is 1.35. The first-order valence-electron chi connectivity index (χ1n) is 10.4. The molecule has 5 heteroatoms. The van der Waals surface area contributed by atoms with Crippen molar-refractivity contribution in [1.29, 1.82) is 0 Å². The number of fused-ring (bicyclic) bond motifs is 1. The molecule has 3 aromatic rings. The van der Waals surface area contributed by atoms with E-state index in [2.05, 4.69) is 52.3 Å². The van der Waals surface area contributed by atoms with Gasteiger partial charge in [0, 0.05) is 55.3 Å². The van der Waals surface area contributed by atoms with E-state index in [0.717, 1.165) is 64.7 Å². The summed E-state index contributed by atoms with van der Waals surface area (Å²) in [5.74, 6) is 0.922. The molecule has 0 saturated carbocycles. The van der Waals surface area contributed by atoms with Crippen molar-refractivity contribution in [3.05, 3.63) is 65.0 Å². The average molecular weight is 411 g/mol. The van der Waals surface area contributed by atoms with E-state index in [0.29, 0.717) is 0 Å². The minimum absolute atomic E-state index is 0.810. The Balaban J connectivity index is 1.10. The fraction of sp³-hybridized carbons (Fsp3) is 0.417. The fourth-order valence-electron chi connectivity index (χ4n) is 3.79. The lowest BCUT2D eigenvalue weighted by Gasteiger charge is -2.34. The molecule has 0 radical (unpaired) electrons. The Morgan fingerprint density at radius 1 is 0.897 bits per heavy atom. The first kappa shape index (κ1) is 20.4. The van der Waals surface area contributed by atoms with E-state index in [-0.39, 0.29) is 0 Å². The average Bonchev–Trinajstić information content (AvgIpc) is 3.18. The third-order valence-electron chi connectivity index (χ3n) is 5.55. The van der Waals surface area contributed by atoms with Crippen LogP contribution in [-0.2, 0) is 17.7 Å². The van der Waals surface area contributed by atoms with Crippen LogP contribution in [0.25, 0.3) is 10.1 Å². The number of hydrogen-bond acceptors (Lipinski definition) is 5. The van der Waals surface area contributed by atoms with E-state index in [1.165, 1.54) is 20.5 Å². The number of methoxy groups -OCH3 is 1. The first-order valence-corrected chi connectivity index (χ1v) is 11.2. The fourth-order valence-corrected chi connectivity index (χ4v) is 4.83. The molecule has 0 amide bonds. The number of piperazine rings is 1. The minimum atomic E-state index is 0.810. The lowest BCUT2D eigenvalue weighted by Crippen LogP contribution is -2.46. The van der Waals surface area contributed by atoms with Crippen LogP contribution >= 0.6 is 11.3 Å². The van der Waals surface area contributed by atoms with Gasteiger partial charge < -0.3 is 9.47 Å². The molecule has 2 heterocycles. The maximum absolute atomic E-state index is 5.92. The van der Waals surface area contributed by atoms with Gasteiger partial charge in [0.05, 0.1) is 20.3 Å². The standard InChI is InChI=1S/C24H30N2O2S/c1-27-22-8-6-20(7-9-22)19-26-13-11-25(12-14-26)15-17-28-16-10-23-18-21-4-2-3-5-24(21)29-23/h2-9,18H,10-17,19H2,1H3. The molecule has 1 aromatic heterocycles. The maximum atomic E-state index is 5.92. The Bertz CT molecular complexity index is 852. The van der Waals surface area contributed by atoms with E-state index in [9.17, 15) is 0 Å². The molecule has 2 aromatic carbocycles. The summed E-state index contributed by atoms with van der Waals surface area (Å²) in [6, 6.07) is 19.3. The van der Waals surface area contributed by atoms with Gasteiger partial charge in [-0.1, -0.05) is 30.3 Å². The van der Waals surface area contributed by atoms with Crippen LogP contribution in [0.15, 0.2) is 54.6 Å². The Hall–Kier alpha value is -1.92. The maximum Gasteiger partial charge on any atom is 0.118 e. The van der Waals surface area contributed by atoms with Gasteiger partial charge in [-0.15, -0.1) is 11.3 Å². The highest BCUT2D eigenvalue weighted by molar-refractivity contribution is 7.19. The van der Waals surface area contributed by atoms with Crippen molar-refractivity contribution < 1.29 is 9.47 Å². The van der Waals surface area contributed by atoms with Crippen LogP contribution in [0.3, 0.4) is 0 Å². The van der Waals surface area contributed by atoms with E-state index in [4.69, 9.17) is 9.47 Å². The van der Waals surface area contributed by atoms with Crippen molar-refractivity contribution in [2.24, 2.45) is 0 Å². The Morgan fingerprint density at radius 3 is 2.41 bits per heavy atom. The van der Waals surface area contributed by atoms with Crippen LogP contribution in [0.5, 0.6) is 5.75 Å². The molecule has 0 atom stereocenters. The van der Waals surface area contributed by atoms with Crippen LogP contribution in [0.1, 0.15) is 10.4 Å². The Labute approximate surface area is 177 Å². The highest BCUT2D eigenvalue weighted by Gasteiger charge is 2.16. The van der Waals surface area contributed by atoms with Gasteiger partial charge in [-0.2, -0.15) is 0 Å². The molecule has 0 aliphatic carbocycles. The number of ether oxygens (including phenoxy) is 2. The predicted molar refractivity (Wildman–Crippen MR) is 121 cm³/mol. The zero-order chi connectivity index (χ0) is 19.9. The van der Waals surface area contributed by atoms with Gasteiger partial charge >= 0.3 is 0 Å². The normalized spacial score (nSPS) is 15.8. The van der Waals surface area contributed by atoms with Crippen LogP contribution < -0.4 is 4.74 Å². The van der Waals surface area contributed by atoms with Gasteiger partial charge in [0.25, 0.3) is 0 Å². The van der Waals surface area contributed by atoms with Crippen molar-refractivity contribution in [1.82, 2.24) is 9.80 Å². The molecule has 4 nitrogen and oxygen atoms in total. The molecule has 1 aliphatic heterocycles. The Morgan fingerprint density at radius 2 is 1.66 bits per heavy atom. The minimum Gasteiger partial charge on any atom is -0.497 e. The molecule has 0 N–H and O–H groups in total. The van der Waals surface area contributed by atoms with E-state index < -0.39 is 0 Å². The zero-order valence-electron chi connectivity index (χ0n) is 17.2. The van der Waals surface area contributed by atoms with Gasteiger partial charge in [-0.25, -0.2) is 0 Å². The zero-order valence-corrected chi connectivity index (χ0v) is 18.0. The van der Waals surface area contributed by atoms with Gasteiger partial charge in [0.1, 0.15) is 5.75 Å². The van der Waals surface area contributed by atoms with Gasteiger partial charge in [0.2, 0.25) is 0 Å². The van der Waals surface area contributed by atoms with Crippen molar-refractivity contribution in [2.45, 2.75) is 13.0 Å². The molecule has 29 heavy (non-hydrogen) atoms. The second kappa shape index (κ2) is 10.2. The van der Waals surface area contributed by atoms with Crippen LogP contribution in [-0.4, -0.2) is 62.8 Å². The largest absolute Gasteiger partial charge is 0.497 e. The third-order valence-corrected chi connectivity index (χ3v) is 6.73. The number of thiophene rings is 1. The van der Waals surface area contributed by atoms with Crippen LogP contribution in [0.2, 0.25) is 0 Å². The summed E-state index contributed by atoms with van der Waals surface area (Å²) in [7, 11) is 1.71. The number of nitrogens with zero attached hydrogens (tertiary/aromatic N) is 2. The molecule has 0 bridgehead atoms. The van der Waals surface area contributed by atoms with Crippen LogP contribution in [0, 0.1) is 0 Å². The van der Waals surface area contributed by atoms with E-state index in [1.54, 1.807) is 7.11 Å². The number of benzene rings is 2. The highest BCUT2D eigenvalue weighted by Crippen LogP contribution is 2.25. The molecular weight excluding hydrogens is 380 g/mol. The second-order valence-electron chi connectivity index (χ2n) is 7.58. The van der Waals surface area contributed by atoms with E-state index >= 15 is 0 Å². The van der Waals surface area contributed by atoms with Crippen molar-refractivity contribution in [3.63, 3.8) is 0 Å². The molecule has 1 saturated heterocycles. The topological polar surface area (TPSA) is 24.9 Å². The van der Waals surface area contributed by atoms with Crippen LogP contribution in [0.4, 0.5) is 0 Å². The summed E-state index contributed by atoms with van der Waals surface area (Å²) < 4.78 is 12.5. The predicted octanol–water partition coefficient (Wildman–Crippen LogP) is 4.29. The number of hydrogen-bond donors (Lipinski definition) is 0. The number of rotatable bonds is 9. The van der Waals surface area contributed by atoms with Crippen molar-refractivity contribution >= 4 is 21.4 Å². The first-order chi connectivity index (χ1) is 14.3. The summed E-state index contributed by atoms with van der Waals surface area (Å²) in [5.41, 5.74) is 1.35. The molecular formula is C24H30N2O2S. The molecule has 1 fully saturated rings. The van der Waals surface area contributed by atoms with Crippen molar-refractivity contribution in [2.75, 3.05) is 53.0 Å². The third kappa shape index (κ3) is 5.80.